The maximum atomic E-state index is 14.4. The first-order valence-corrected chi connectivity index (χ1v) is 9.05. The van der Waals surface area contributed by atoms with Crippen LogP contribution in [0.2, 0.25) is 0 Å². The summed E-state index contributed by atoms with van der Waals surface area (Å²) < 4.78 is 58.9. The second kappa shape index (κ2) is 10.1. The Morgan fingerprint density at radius 2 is 1.81 bits per heavy atom. The molecule has 0 N–H and O–H groups in total. The van der Waals surface area contributed by atoms with E-state index in [9.17, 15) is 17.6 Å². The topological polar surface area (TPSA) is 38.4 Å². The van der Waals surface area contributed by atoms with Gasteiger partial charge in [0.25, 0.3) is 0 Å². The van der Waals surface area contributed by atoms with Gasteiger partial charge in [-0.25, -0.2) is 4.39 Å². The molecule has 3 aromatic rings. The van der Waals surface area contributed by atoms with Gasteiger partial charge < -0.3 is 4.42 Å². The number of allylic oxidation sites excluding steroid dienone is 1. The number of furan rings is 1. The number of rotatable bonds is 3. The van der Waals surface area contributed by atoms with Crippen molar-refractivity contribution in [2.45, 2.75) is 19.0 Å². The molecule has 0 unspecified atom stereocenters. The van der Waals surface area contributed by atoms with Gasteiger partial charge in [0, 0.05) is 24.5 Å². The fraction of sp³-hybridized carbons (Fsp3) is 0.182. The smallest absolute Gasteiger partial charge is 0.419 e. The Hall–Kier alpha value is -2.64. The van der Waals surface area contributed by atoms with Crippen LogP contribution in [0.5, 0.6) is 0 Å². The van der Waals surface area contributed by atoms with E-state index in [0.717, 1.165) is 35.8 Å². The molecule has 3 nitrogen and oxygen atoms in total. The van der Waals surface area contributed by atoms with E-state index in [-0.39, 0.29) is 36.1 Å². The normalized spacial score (nSPS) is 15.1. The second-order valence-corrected chi connectivity index (χ2v) is 6.61. The summed E-state index contributed by atoms with van der Waals surface area (Å²) in [5, 5.41) is 0. The van der Waals surface area contributed by atoms with Crippen molar-refractivity contribution in [3.05, 3.63) is 83.1 Å². The molecule has 0 spiro atoms. The number of aliphatic imine (C=N–C) groups is 1. The Morgan fingerprint density at radius 3 is 2.52 bits per heavy atom. The molecule has 0 bridgehead atoms. The van der Waals surface area contributed by atoms with E-state index < -0.39 is 17.6 Å². The van der Waals surface area contributed by atoms with Crippen LogP contribution in [-0.4, -0.2) is 17.2 Å². The Morgan fingerprint density at radius 1 is 1.00 bits per heavy atom. The molecular formula is C22H18Cl2F4N2O. The minimum absolute atomic E-state index is 0. The number of alkyl halides is 3. The summed E-state index contributed by atoms with van der Waals surface area (Å²) >= 11 is 0. The summed E-state index contributed by atoms with van der Waals surface area (Å²) in [6.45, 7) is 0.709. The average molecular weight is 473 g/mol. The Balaban J connectivity index is 0.00000171. The van der Waals surface area contributed by atoms with E-state index in [0.29, 0.717) is 18.4 Å². The summed E-state index contributed by atoms with van der Waals surface area (Å²) in [6.07, 6.45) is 2.09. The van der Waals surface area contributed by atoms with Crippen molar-refractivity contribution in [2.75, 3.05) is 6.54 Å². The van der Waals surface area contributed by atoms with Crippen LogP contribution in [0, 0.1) is 5.82 Å². The number of hydrogen-bond acceptors (Lipinski definition) is 3. The van der Waals surface area contributed by atoms with Gasteiger partial charge in [-0.15, -0.1) is 24.8 Å². The van der Waals surface area contributed by atoms with Crippen molar-refractivity contribution < 1.29 is 22.0 Å². The molecule has 4 rings (SSSR count). The monoisotopic (exact) mass is 472 g/mol. The maximum absolute atomic E-state index is 14.4. The second-order valence-electron chi connectivity index (χ2n) is 6.61. The van der Waals surface area contributed by atoms with Crippen LogP contribution in [0.25, 0.3) is 17.4 Å². The predicted octanol–water partition coefficient (Wildman–Crippen LogP) is 7.01. The third kappa shape index (κ3) is 5.35. The van der Waals surface area contributed by atoms with E-state index in [4.69, 9.17) is 4.42 Å². The number of benzene rings is 1. The standard InChI is InChI=1S/C22H16F4N2O.2ClH/c23-20-17(6-1-7-18(20)22(24,25)26)19-9-8-16(29-19)12-14-4-3-11-28-21(14)15-5-2-10-27-13-15;;/h1-2,5-10,12-13H,3-4,11H2;2*1H. The summed E-state index contributed by atoms with van der Waals surface area (Å²) in [5.74, 6) is -0.884. The lowest BCUT2D eigenvalue weighted by Crippen LogP contribution is -2.11. The first-order chi connectivity index (χ1) is 13.9. The first-order valence-electron chi connectivity index (χ1n) is 9.05. The van der Waals surface area contributed by atoms with Crippen molar-refractivity contribution >= 4 is 36.6 Å². The molecule has 0 saturated carbocycles. The highest BCUT2D eigenvalue weighted by Gasteiger charge is 2.35. The Bertz CT molecular complexity index is 1090. The van der Waals surface area contributed by atoms with Gasteiger partial charge in [-0.1, -0.05) is 6.07 Å². The summed E-state index contributed by atoms with van der Waals surface area (Å²) in [5.41, 5.74) is 1.09. The van der Waals surface area contributed by atoms with E-state index >= 15 is 0 Å². The molecule has 0 fully saturated rings. The Kier molecular flexibility index (Phi) is 8.03. The van der Waals surface area contributed by atoms with Crippen molar-refractivity contribution in [1.82, 2.24) is 4.98 Å². The molecule has 31 heavy (non-hydrogen) atoms. The number of aromatic nitrogens is 1. The lowest BCUT2D eigenvalue weighted by atomic mass is 9.96. The molecule has 2 aromatic heterocycles. The zero-order chi connectivity index (χ0) is 20.4. The maximum Gasteiger partial charge on any atom is 0.419 e. The highest BCUT2D eigenvalue weighted by atomic mass is 35.5. The van der Waals surface area contributed by atoms with Crippen LogP contribution >= 0.6 is 24.8 Å². The first kappa shape index (κ1) is 24.6. The van der Waals surface area contributed by atoms with E-state index in [1.165, 1.54) is 12.1 Å². The summed E-state index contributed by atoms with van der Waals surface area (Å²) in [4.78, 5) is 8.69. The molecule has 1 aliphatic heterocycles. The molecule has 0 atom stereocenters. The third-order valence-corrected chi connectivity index (χ3v) is 4.63. The van der Waals surface area contributed by atoms with Crippen LogP contribution in [0.3, 0.4) is 0 Å². The summed E-state index contributed by atoms with van der Waals surface area (Å²) in [6, 6.07) is 9.96. The highest BCUT2D eigenvalue weighted by Crippen LogP contribution is 2.36. The van der Waals surface area contributed by atoms with Crippen molar-refractivity contribution in [2.24, 2.45) is 4.99 Å². The van der Waals surface area contributed by atoms with Crippen molar-refractivity contribution in [3.8, 4) is 11.3 Å². The number of hydrogen-bond donors (Lipinski definition) is 0. The van der Waals surface area contributed by atoms with Crippen LogP contribution in [0.4, 0.5) is 17.6 Å². The van der Waals surface area contributed by atoms with Gasteiger partial charge in [0.2, 0.25) is 0 Å². The molecule has 164 valence electrons. The molecule has 0 amide bonds. The van der Waals surface area contributed by atoms with Crippen molar-refractivity contribution in [3.63, 3.8) is 0 Å². The van der Waals surface area contributed by atoms with Gasteiger partial charge in [0.15, 0.2) is 0 Å². The average Bonchev–Trinajstić information content (AvgIpc) is 3.16. The van der Waals surface area contributed by atoms with Gasteiger partial charge >= 0.3 is 6.18 Å². The van der Waals surface area contributed by atoms with Crippen LogP contribution in [0.15, 0.2) is 69.8 Å². The van der Waals surface area contributed by atoms with Crippen LogP contribution < -0.4 is 0 Å². The molecular weight excluding hydrogens is 455 g/mol. The largest absolute Gasteiger partial charge is 0.457 e. The predicted molar refractivity (Wildman–Crippen MR) is 116 cm³/mol. The van der Waals surface area contributed by atoms with Gasteiger partial charge in [-0.3, -0.25) is 9.98 Å². The molecule has 3 heterocycles. The number of nitrogens with zero attached hydrogens (tertiary/aromatic N) is 2. The molecule has 0 saturated heterocycles. The number of pyridine rings is 1. The van der Waals surface area contributed by atoms with Crippen molar-refractivity contribution in [1.29, 1.82) is 0 Å². The molecule has 1 aromatic carbocycles. The van der Waals surface area contributed by atoms with E-state index in [1.54, 1.807) is 24.5 Å². The molecule has 0 radical (unpaired) electrons. The zero-order valence-corrected chi connectivity index (χ0v) is 17.7. The minimum Gasteiger partial charge on any atom is -0.457 e. The molecule has 0 aliphatic carbocycles. The van der Waals surface area contributed by atoms with Crippen LogP contribution in [0.1, 0.15) is 29.7 Å². The molecule has 1 aliphatic rings. The lowest BCUT2D eigenvalue weighted by molar-refractivity contribution is -0.139. The fourth-order valence-corrected chi connectivity index (χ4v) is 3.29. The van der Waals surface area contributed by atoms with Gasteiger partial charge in [0.1, 0.15) is 17.3 Å². The zero-order valence-electron chi connectivity index (χ0n) is 16.0. The van der Waals surface area contributed by atoms with Gasteiger partial charge in [-0.2, -0.15) is 13.2 Å². The SMILES string of the molecule is Cl.Cl.Fc1c(-c2ccc(C=C3CCCN=C3c3cccnc3)o2)cccc1C(F)(F)F. The molecule has 9 heteroatoms. The minimum atomic E-state index is -4.77. The lowest BCUT2D eigenvalue weighted by Gasteiger charge is -2.15. The van der Waals surface area contributed by atoms with Gasteiger partial charge in [-0.05, 0) is 60.9 Å². The highest BCUT2D eigenvalue weighted by molar-refractivity contribution is 6.15. The Labute approximate surface area is 188 Å². The third-order valence-electron chi connectivity index (χ3n) is 4.63. The summed E-state index contributed by atoms with van der Waals surface area (Å²) in [7, 11) is 0. The van der Waals surface area contributed by atoms with E-state index in [2.05, 4.69) is 9.98 Å². The van der Waals surface area contributed by atoms with E-state index in [1.807, 2.05) is 12.1 Å². The number of halogens is 6. The quantitative estimate of drug-likeness (QED) is 0.384. The van der Waals surface area contributed by atoms with Crippen LogP contribution in [-0.2, 0) is 6.18 Å². The van der Waals surface area contributed by atoms with Gasteiger partial charge in [0.05, 0.1) is 16.8 Å². The fourth-order valence-electron chi connectivity index (χ4n) is 3.29.